The fourth-order valence-corrected chi connectivity index (χ4v) is 5.28. The molecular weight excluding hydrogens is 593 g/mol. The van der Waals surface area contributed by atoms with Gasteiger partial charge in [0.05, 0.1) is 7.11 Å². The molecule has 1 N–H and O–H groups in total. The minimum Gasteiger partial charge on any atom is -0.550 e. The van der Waals surface area contributed by atoms with Gasteiger partial charge in [0.1, 0.15) is 0 Å². The number of hydrogen-bond acceptors (Lipinski definition) is 6. The van der Waals surface area contributed by atoms with Crippen LogP contribution in [0.25, 0.3) is 0 Å². The molecular formula is C38H74MgO7. The molecule has 0 aromatic carbocycles. The van der Waals surface area contributed by atoms with E-state index in [9.17, 15) is 19.8 Å². The van der Waals surface area contributed by atoms with Crippen molar-refractivity contribution in [2.75, 3.05) is 7.11 Å². The molecule has 0 spiro atoms. The topological polar surface area (TPSA) is 127 Å². The third-order valence-electron chi connectivity index (χ3n) is 8.14. The van der Waals surface area contributed by atoms with Crippen molar-refractivity contribution in [1.82, 2.24) is 0 Å². The van der Waals surface area contributed by atoms with Crippen molar-refractivity contribution in [1.29, 1.82) is 0 Å². The number of carboxylic acid groups (broad SMARTS) is 3. The molecule has 0 aliphatic rings. The Morgan fingerprint density at radius 1 is 0.413 bits per heavy atom. The molecule has 0 saturated heterocycles. The summed E-state index contributed by atoms with van der Waals surface area (Å²) in [4.78, 5) is 29.6. The van der Waals surface area contributed by atoms with Gasteiger partial charge in [-0.1, -0.05) is 194 Å². The smallest absolute Gasteiger partial charge is 0.550 e. The van der Waals surface area contributed by atoms with E-state index >= 15 is 0 Å². The molecule has 0 aliphatic carbocycles. The van der Waals surface area contributed by atoms with Crippen LogP contribution in [0.2, 0.25) is 0 Å². The van der Waals surface area contributed by atoms with Crippen molar-refractivity contribution in [2.24, 2.45) is 0 Å². The van der Waals surface area contributed by atoms with Gasteiger partial charge in [0, 0.05) is 11.9 Å². The van der Waals surface area contributed by atoms with Crippen LogP contribution in [-0.2, 0) is 14.3 Å². The molecule has 46 heavy (non-hydrogen) atoms. The molecule has 0 aliphatic heterocycles. The minimum absolute atomic E-state index is 0. The van der Waals surface area contributed by atoms with Crippen LogP contribution in [0.3, 0.4) is 0 Å². The van der Waals surface area contributed by atoms with E-state index in [1.807, 2.05) is 0 Å². The molecule has 0 heterocycles. The van der Waals surface area contributed by atoms with Crippen LogP contribution in [0.5, 0.6) is 0 Å². The predicted octanol–water partition coefficient (Wildman–Crippen LogP) is 9.93. The fraction of sp³-hybridized carbons (Fsp3) is 0.921. The number of aliphatic carboxylic acids is 2. The van der Waals surface area contributed by atoms with Gasteiger partial charge in [-0.25, -0.2) is 4.79 Å². The summed E-state index contributed by atoms with van der Waals surface area (Å²) in [5.41, 5.74) is 0. The number of carbonyl (C=O) groups excluding carboxylic acids is 2. The molecule has 0 fully saturated rings. The summed E-state index contributed by atoms with van der Waals surface area (Å²) in [6.45, 7) is 4.53. The molecule has 270 valence electrons. The second kappa shape index (κ2) is 48.4. The normalized spacial score (nSPS) is 10.2. The van der Waals surface area contributed by atoms with Gasteiger partial charge in [0.15, 0.2) is 0 Å². The zero-order valence-electron chi connectivity index (χ0n) is 30.7. The van der Waals surface area contributed by atoms with Crippen molar-refractivity contribution in [3.63, 3.8) is 0 Å². The zero-order chi connectivity index (χ0) is 34.1. The van der Waals surface area contributed by atoms with E-state index in [-0.39, 0.29) is 35.9 Å². The Hall–Kier alpha value is -1.02. The van der Waals surface area contributed by atoms with Gasteiger partial charge in [0.2, 0.25) is 0 Å². The van der Waals surface area contributed by atoms with Crippen LogP contribution >= 0.6 is 0 Å². The summed E-state index contributed by atoms with van der Waals surface area (Å²) in [7, 11) is 1.10. The van der Waals surface area contributed by atoms with Crippen molar-refractivity contribution < 1.29 is 34.4 Å². The molecule has 0 radical (unpaired) electrons. The molecule has 0 rings (SSSR count). The first-order valence-electron chi connectivity index (χ1n) is 19.0. The van der Waals surface area contributed by atoms with Crippen LogP contribution in [0, 0.1) is 0 Å². The Balaban J connectivity index is -0.000000327. The Morgan fingerprint density at radius 2 is 0.565 bits per heavy atom. The van der Waals surface area contributed by atoms with E-state index in [2.05, 4.69) is 18.6 Å². The molecule has 0 bridgehead atoms. The monoisotopic (exact) mass is 667 g/mol. The van der Waals surface area contributed by atoms with Crippen molar-refractivity contribution >= 4 is 41.1 Å². The van der Waals surface area contributed by atoms with Gasteiger partial charge in [-0.15, -0.1) is 0 Å². The van der Waals surface area contributed by atoms with Crippen molar-refractivity contribution in [3.8, 4) is 0 Å². The molecule has 0 saturated carbocycles. The molecule has 0 atom stereocenters. The van der Waals surface area contributed by atoms with Crippen molar-refractivity contribution in [2.45, 2.75) is 219 Å². The van der Waals surface area contributed by atoms with E-state index in [0.29, 0.717) is 0 Å². The van der Waals surface area contributed by atoms with Gasteiger partial charge in [-0.2, -0.15) is 0 Å². The third kappa shape index (κ3) is 61.9. The second-order valence-electron chi connectivity index (χ2n) is 12.6. The van der Waals surface area contributed by atoms with Gasteiger partial charge < -0.3 is 29.6 Å². The summed E-state index contributed by atoms with van der Waals surface area (Å²) in [6, 6.07) is 0. The van der Waals surface area contributed by atoms with E-state index in [1.54, 1.807) is 0 Å². The van der Waals surface area contributed by atoms with Crippen LogP contribution in [0.4, 0.5) is 4.79 Å². The SMILES string of the molecule is CCCCCCCCCCCCCCCCCC(=O)[O-].CCCCCCCCCCCCCCCCCC(=O)[O-].COC(=O)O.[Mg+2]. The van der Waals surface area contributed by atoms with Crippen molar-refractivity contribution in [3.05, 3.63) is 0 Å². The number of unbranched alkanes of at least 4 members (excludes halogenated alkanes) is 28. The van der Waals surface area contributed by atoms with Gasteiger partial charge in [0.25, 0.3) is 0 Å². The van der Waals surface area contributed by atoms with Gasteiger partial charge in [-0.05, 0) is 25.7 Å². The average molecular weight is 667 g/mol. The molecule has 0 unspecified atom stereocenters. The van der Waals surface area contributed by atoms with E-state index in [0.717, 1.165) is 32.8 Å². The number of carbonyl (C=O) groups is 3. The fourth-order valence-electron chi connectivity index (χ4n) is 5.28. The summed E-state index contributed by atoms with van der Waals surface area (Å²) in [5, 5.41) is 27.9. The number of methoxy groups -OCH3 is 1. The first-order valence-corrected chi connectivity index (χ1v) is 19.0. The number of rotatable bonds is 32. The van der Waals surface area contributed by atoms with Crippen LogP contribution < -0.4 is 10.2 Å². The maximum atomic E-state index is 10.2. The summed E-state index contributed by atoms with van der Waals surface area (Å²) in [5.74, 6) is -1.81. The Labute approximate surface area is 301 Å². The summed E-state index contributed by atoms with van der Waals surface area (Å²) in [6.07, 6.45) is 38.5. The van der Waals surface area contributed by atoms with E-state index in [1.165, 1.54) is 167 Å². The first-order chi connectivity index (χ1) is 21.8. The number of hydrogen-bond donors (Lipinski definition) is 1. The third-order valence-corrected chi connectivity index (χ3v) is 8.14. The quantitative estimate of drug-likeness (QED) is 0.0430. The first kappa shape index (κ1) is 51.8. The average Bonchev–Trinajstić information content (AvgIpc) is 3.01. The predicted molar refractivity (Wildman–Crippen MR) is 190 cm³/mol. The number of ether oxygens (including phenoxy) is 1. The van der Waals surface area contributed by atoms with Crippen LogP contribution in [0.15, 0.2) is 0 Å². The largest absolute Gasteiger partial charge is 2.00 e. The van der Waals surface area contributed by atoms with E-state index < -0.39 is 18.1 Å². The van der Waals surface area contributed by atoms with Gasteiger partial charge in [-0.3, -0.25) is 0 Å². The van der Waals surface area contributed by atoms with Crippen LogP contribution in [-0.4, -0.2) is 53.4 Å². The maximum absolute atomic E-state index is 10.2. The molecule has 0 aromatic heterocycles. The summed E-state index contributed by atoms with van der Waals surface area (Å²) >= 11 is 0. The number of carboxylic acids is 2. The maximum Gasteiger partial charge on any atom is 2.00 e. The van der Waals surface area contributed by atoms with Gasteiger partial charge >= 0.3 is 29.2 Å². The molecule has 7 nitrogen and oxygen atoms in total. The van der Waals surface area contributed by atoms with E-state index in [4.69, 9.17) is 9.90 Å². The molecule has 8 heteroatoms. The summed E-state index contributed by atoms with van der Waals surface area (Å²) < 4.78 is 3.67. The Morgan fingerprint density at radius 3 is 0.696 bits per heavy atom. The second-order valence-corrected chi connectivity index (χ2v) is 12.6. The molecule has 0 aromatic rings. The van der Waals surface area contributed by atoms with Crippen LogP contribution in [0.1, 0.15) is 219 Å². The standard InChI is InChI=1S/2C18H36O2.C2H4O3.Mg/c2*1-2-3-4-5-6-7-8-9-10-11-12-13-14-15-16-17-18(19)20;1-5-2(3)4;/h2*2-17H2,1H3,(H,19,20);1H3,(H,3,4);/q;;;+2/p-2. The molecule has 0 amide bonds. The minimum atomic E-state index is -1.25. The Bertz CT molecular complexity index is 558. The Kier molecular flexibility index (Phi) is 54.5. The zero-order valence-corrected chi connectivity index (χ0v) is 32.1.